The summed E-state index contributed by atoms with van der Waals surface area (Å²) in [5, 5.41) is 3.26. The average molecular weight is 273 g/mol. The van der Waals surface area contributed by atoms with Crippen molar-refractivity contribution in [3.05, 3.63) is 11.4 Å². The lowest BCUT2D eigenvalue weighted by atomic mass is 10.3. The third kappa shape index (κ3) is 3.03. The van der Waals surface area contributed by atoms with Gasteiger partial charge in [-0.3, -0.25) is 0 Å². The van der Waals surface area contributed by atoms with Crippen molar-refractivity contribution < 1.29 is 4.74 Å². The normalized spacial score (nSPS) is 14.3. The van der Waals surface area contributed by atoms with Crippen molar-refractivity contribution in [2.24, 2.45) is 0 Å². The first-order valence-corrected chi connectivity index (χ1v) is 6.03. The van der Waals surface area contributed by atoms with E-state index in [1.807, 2.05) is 14.0 Å². The van der Waals surface area contributed by atoms with Crippen LogP contribution < -0.4 is 15.0 Å². The Morgan fingerprint density at radius 3 is 2.72 bits per heavy atom. The smallest absolute Gasteiger partial charge is 0.239 e. The summed E-state index contributed by atoms with van der Waals surface area (Å²) >= 11 is 0. The summed E-state index contributed by atoms with van der Waals surface area (Å²) in [5.41, 5.74) is 1.85. The lowest BCUT2D eigenvalue weighted by Crippen LogP contribution is -2.28. The van der Waals surface area contributed by atoms with Gasteiger partial charge < -0.3 is 15.0 Å². The van der Waals surface area contributed by atoms with E-state index in [4.69, 9.17) is 4.74 Å². The number of nitrogens with one attached hydrogen (secondary N) is 1. The van der Waals surface area contributed by atoms with Gasteiger partial charge in [0.1, 0.15) is 12.3 Å². The minimum Gasteiger partial charge on any atom is -0.475 e. The number of fused-ring (bicyclic) bond motifs is 1. The number of aromatic nitrogens is 2. The van der Waals surface area contributed by atoms with Crippen LogP contribution in [0.1, 0.15) is 25.2 Å². The fourth-order valence-corrected chi connectivity index (χ4v) is 1.78. The van der Waals surface area contributed by atoms with E-state index >= 15 is 0 Å². The second-order valence-corrected chi connectivity index (χ2v) is 4.61. The zero-order valence-corrected chi connectivity index (χ0v) is 12.2. The number of rotatable bonds is 2. The van der Waals surface area contributed by atoms with Gasteiger partial charge in [0.15, 0.2) is 5.82 Å². The largest absolute Gasteiger partial charge is 0.475 e. The molecule has 6 heteroatoms. The number of halogens is 1. The molecular weight excluding hydrogens is 252 g/mol. The fourth-order valence-electron chi connectivity index (χ4n) is 1.78. The van der Waals surface area contributed by atoms with Gasteiger partial charge in [0.05, 0.1) is 5.69 Å². The molecule has 0 atom stereocenters. The van der Waals surface area contributed by atoms with Gasteiger partial charge in [-0.1, -0.05) is 0 Å². The maximum absolute atomic E-state index is 5.61. The summed E-state index contributed by atoms with van der Waals surface area (Å²) in [6.07, 6.45) is 0. The van der Waals surface area contributed by atoms with Gasteiger partial charge in [0.25, 0.3) is 0 Å². The van der Waals surface area contributed by atoms with E-state index in [-0.39, 0.29) is 12.4 Å². The van der Waals surface area contributed by atoms with Crippen molar-refractivity contribution in [3.8, 4) is 5.88 Å². The Morgan fingerprint density at radius 1 is 1.33 bits per heavy atom. The monoisotopic (exact) mass is 272 g/mol. The Hall–Kier alpha value is -1.07. The zero-order valence-electron chi connectivity index (χ0n) is 11.4. The first kappa shape index (κ1) is 15.0. The molecule has 1 aromatic heterocycles. The highest BCUT2D eigenvalue weighted by Crippen LogP contribution is 2.23. The molecule has 18 heavy (non-hydrogen) atoms. The highest BCUT2D eigenvalue weighted by Gasteiger charge is 2.18. The first-order valence-electron chi connectivity index (χ1n) is 6.03. The molecule has 0 unspecified atom stereocenters. The average Bonchev–Trinajstić information content (AvgIpc) is 2.51. The summed E-state index contributed by atoms with van der Waals surface area (Å²) in [4.78, 5) is 11.3. The van der Waals surface area contributed by atoms with Crippen molar-refractivity contribution in [1.29, 1.82) is 0 Å². The Kier molecular flexibility index (Phi) is 5.16. The van der Waals surface area contributed by atoms with Crippen LogP contribution in [0.5, 0.6) is 5.88 Å². The van der Waals surface area contributed by atoms with Crippen LogP contribution in [0.25, 0.3) is 0 Å². The topological polar surface area (TPSA) is 50.3 Å². The number of nitrogens with zero attached hydrogens (tertiary/aromatic N) is 3. The summed E-state index contributed by atoms with van der Waals surface area (Å²) in [7, 11) is 2.03. The summed E-state index contributed by atoms with van der Waals surface area (Å²) in [6, 6.07) is 0.393. The second-order valence-electron chi connectivity index (χ2n) is 4.61. The van der Waals surface area contributed by atoms with Crippen molar-refractivity contribution in [2.75, 3.05) is 25.1 Å². The summed E-state index contributed by atoms with van der Waals surface area (Å²) in [6.45, 7) is 8.48. The van der Waals surface area contributed by atoms with Gasteiger partial charge in [-0.2, -0.15) is 4.98 Å². The van der Waals surface area contributed by atoms with E-state index in [1.54, 1.807) is 0 Å². The van der Waals surface area contributed by atoms with Crippen molar-refractivity contribution >= 4 is 18.2 Å². The van der Waals surface area contributed by atoms with E-state index in [2.05, 4.69) is 34.0 Å². The van der Waals surface area contributed by atoms with Crippen molar-refractivity contribution in [3.63, 3.8) is 0 Å². The van der Waals surface area contributed by atoms with E-state index in [0.717, 1.165) is 30.3 Å². The van der Waals surface area contributed by atoms with Gasteiger partial charge in [-0.05, 0) is 20.8 Å². The van der Waals surface area contributed by atoms with E-state index in [9.17, 15) is 0 Å². The van der Waals surface area contributed by atoms with Crippen LogP contribution in [0.15, 0.2) is 0 Å². The minimum absolute atomic E-state index is 0. The molecule has 0 amide bonds. The van der Waals surface area contributed by atoms with Gasteiger partial charge in [-0.25, -0.2) is 4.98 Å². The quantitative estimate of drug-likeness (QED) is 0.885. The maximum atomic E-state index is 5.61. The van der Waals surface area contributed by atoms with Crippen LogP contribution in [0.2, 0.25) is 0 Å². The number of anilines is 1. The number of ether oxygens (including phenoxy) is 1. The third-order valence-electron chi connectivity index (χ3n) is 3.00. The molecule has 5 nitrogen and oxygen atoms in total. The van der Waals surface area contributed by atoms with Gasteiger partial charge in [0.2, 0.25) is 5.88 Å². The lowest BCUT2D eigenvalue weighted by molar-refractivity contribution is 0.313. The predicted molar refractivity (Wildman–Crippen MR) is 74.8 cm³/mol. The molecule has 0 bridgehead atoms. The molecule has 0 fully saturated rings. The first-order chi connectivity index (χ1) is 8.09. The standard InChI is InChI=1S/C12H20N4O.ClH/c1-8(2)16(4)11-9(3)14-10-7-13-5-6-17-12(10)15-11;/h8,13H,5-7H2,1-4H3;1H. The summed E-state index contributed by atoms with van der Waals surface area (Å²) < 4.78 is 5.61. The van der Waals surface area contributed by atoms with E-state index in [1.165, 1.54) is 0 Å². The van der Waals surface area contributed by atoms with Gasteiger partial charge in [0, 0.05) is 26.2 Å². The molecule has 0 radical (unpaired) electrons. The van der Waals surface area contributed by atoms with Crippen LogP contribution in [0, 0.1) is 6.92 Å². The lowest BCUT2D eigenvalue weighted by Gasteiger charge is -2.24. The zero-order chi connectivity index (χ0) is 12.4. The summed E-state index contributed by atoms with van der Waals surface area (Å²) in [5.74, 6) is 1.57. The van der Waals surface area contributed by atoms with Gasteiger partial charge in [-0.15, -0.1) is 12.4 Å². The number of hydrogen-bond acceptors (Lipinski definition) is 5. The SMILES string of the molecule is Cc1nc2c(nc1N(C)C(C)C)OCCNC2.Cl. The van der Waals surface area contributed by atoms with Crippen LogP contribution in [-0.2, 0) is 6.54 Å². The van der Waals surface area contributed by atoms with Crippen LogP contribution in [0.4, 0.5) is 5.82 Å². The molecule has 0 aliphatic carbocycles. The second kappa shape index (κ2) is 6.20. The number of aryl methyl sites for hydroxylation is 1. The highest BCUT2D eigenvalue weighted by atomic mass is 35.5. The minimum atomic E-state index is 0. The molecule has 1 N–H and O–H groups in total. The Bertz CT molecular complexity index is 411. The van der Waals surface area contributed by atoms with Crippen LogP contribution in [-0.4, -0.2) is 36.2 Å². The van der Waals surface area contributed by atoms with E-state index < -0.39 is 0 Å². The Morgan fingerprint density at radius 2 is 2.06 bits per heavy atom. The molecule has 102 valence electrons. The molecule has 1 aliphatic heterocycles. The predicted octanol–water partition coefficient (Wildman–Crippen LogP) is 1.53. The molecule has 2 heterocycles. The molecular formula is C12H21ClN4O. The molecule has 0 aromatic carbocycles. The molecule has 2 rings (SSSR count). The maximum Gasteiger partial charge on any atom is 0.239 e. The van der Waals surface area contributed by atoms with Crippen molar-refractivity contribution in [2.45, 2.75) is 33.4 Å². The molecule has 1 aromatic rings. The molecule has 1 aliphatic rings. The third-order valence-corrected chi connectivity index (χ3v) is 3.00. The highest BCUT2D eigenvalue weighted by molar-refractivity contribution is 5.85. The van der Waals surface area contributed by atoms with Crippen molar-refractivity contribution in [1.82, 2.24) is 15.3 Å². The molecule has 0 saturated carbocycles. The molecule has 0 spiro atoms. The Balaban J connectivity index is 0.00000162. The van der Waals surface area contributed by atoms with Crippen LogP contribution in [0.3, 0.4) is 0 Å². The fraction of sp³-hybridized carbons (Fsp3) is 0.667. The number of hydrogen-bond donors (Lipinski definition) is 1. The van der Waals surface area contributed by atoms with Gasteiger partial charge >= 0.3 is 0 Å². The van der Waals surface area contributed by atoms with E-state index in [0.29, 0.717) is 18.5 Å². The van der Waals surface area contributed by atoms with Crippen LogP contribution >= 0.6 is 12.4 Å². The Labute approximate surface area is 114 Å². The molecule has 0 saturated heterocycles.